The fourth-order valence-electron chi connectivity index (χ4n) is 1.27. The number of hydrogen-bond donors (Lipinski definition) is 2. The number of urea groups is 1. The molecular weight excluding hydrogens is 214 g/mol. The van der Waals surface area contributed by atoms with Crippen LogP contribution in [0.2, 0.25) is 0 Å². The Morgan fingerprint density at radius 1 is 1.38 bits per heavy atom. The van der Waals surface area contributed by atoms with Gasteiger partial charge < -0.3 is 5.73 Å². The number of nitrogens with zero attached hydrogens (tertiary/aromatic N) is 1. The lowest BCUT2D eigenvalue weighted by Crippen LogP contribution is -2.62. The molecule has 1 aliphatic heterocycles. The molecular formula is C9H13N3O4. The second kappa shape index (κ2) is 3.92. The molecule has 5 amide bonds. The Balaban J connectivity index is 2.84. The number of carbonyl (C=O) groups is 4. The predicted octanol–water partition coefficient (Wildman–Crippen LogP) is -1.03. The summed E-state index contributed by atoms with van der Waals surface area (Å²) in [4.78, 5) is 45.9. The van der Waals surface area contributed by atoms with E-state index in [0.717, 1.165) is 4.90 Å². The normalized spacial score (nSPS) is 19.6. The quantitative estimate of drug-likeness (QED) is 0.600. The van der Waals surface area contributed by atoms with Crippen molar-refractivity contribution in [2.45, 2.75) is 20.3 Å². The average molecular weight is 227 g/mol. The van der Waals surface area contributed by atoms with Crippen LogP contribution in [0.1, 0.15) is 20.3 Å². The molecule has 0 radical (unpaired) electrons. The molecule has 1 rings (SSSR count). The van der Waals surface area contributed by atoms with E-state index in [1.165, 1.54) is 13.8 Å². The minimum Gasteiger partial charge on any atom is -0.370 e. The smallest absolute Gasteiger partial charge is 0.330 e. The molecule has 7 heteroatoms. The van der Waals surface area contributed by atoms with E-state index >= 15 is 0 Å². The highest BCUT2D eigenvalue weighted by Crippen LogP contribution is 2.23. The van der Waals surface area contributed by atoms with Crippen molar-refractivity contribution in [1.29, 1.82) is 0 Å². The van der Waals surface area contributed by atoms with Crippen molar-refractivity contribution < 1.29 is 19.2 Å². The molecule has 7 nitrogen and oxygen atoms in total. The van der Waals surface area contributed by atoms with E-state index in [0.29, 0.717) is 0 Å². The Morgan fingerprint density at radius 2 is 1.94 bits per heavy atom. The first kappa shape index (κ1) is 12.2. The Bertz CT molecular complexity index is 375. The van der Waals surface area contributed by atoms with Crippen LogP contribution in [0.3, 0.4) is 0 Å². The van der Waals surface area contributed by atoms with Crippen LogP contribution in [0.5, 0.6) is 0 Å². The van der Waals surface area contributed by atoms with Gasteiger partial charge in [-0.25, -0.2) is 4.79 Å². The summed E-state index contributed by atoms with van der Waals surface area (Å²) in [5, 5.41) is 2.05. The molecule has 0 spiro atoms. The molecule has 1 saturated heterocycles. The number of carbonyl (C=O) groups excluding carboxylic acids is 4. The van der Waals surface area contributed by atoms with Crippen LogP contribution < -0.4 is 11.1 Å². The number of nitrogens with one attached hydrogen (secondary N) is 1. The highest BCUT2D eigenvalue weighted by molar-refractivity contribution is 6.18. The van der Waals surface area contributed by atoms with Crippen LogP contribution in [0, 0.1) is 5.41 Å². The van der Waals surface area contributed by atoms with E-state index in [9.17, 15) is 19.2 Å². The molecule has 88 valence electrons. The van der Waals surface area contributed by atoms with Crippen LogP contribution >= 0.6 is 0 Å². The van der Waals surface area contributed by atoms with Crippen molar-refractivity contribution in [1.82, 2.24) is 10.2 Å². The van der Waals surface area contributed by atoms with Gasteiger partial charge in [0.2, 0.25) is 17.7 Å². The van der Waals surface area contributed by atoms with Gasteiger partial charge in [0.25, 0.3) is 0 Å². The molecule has 0 aromatic carbocycles. The first-order chi connectivity index (χ1) is 7.26. The van der Waals surface area contributed by atoms with Gasteiger partial charge in [-0.3, -0.25) is 24.6 Å². The van der Waals surface area contributed by atoms with Gasteiger partial charge in [0, 0.05) is 13.0 Å². The zero-order chi connectivity index (χ0) is 12.5. The third kappa shape index (κ3) is 2.02. The molecule has 1 heterocycles. The minimum absolute atomic E-state index is 0.114. The zero-order valence-corrected chi connectivity index (χ0v) is 9.07. The summed E-state index contributed by atoms with van der Waals surface area (Å²) in [5.41, 5.74) is 3.62. The van der Waals surface area contributed by atoms with Crippen molar-refractivity contribution >= 4 is 23.8 Å². The van der Waals surface area contributed by atoms with Crippen LogP contribution in [-0.2, 0) is 14.4 Å². The van der Waals surface area contributed by atoms with Crippen molar-refractivity contribution in [3.8, 4) is 0 Å². The molecule has 0 atom stereocenters. The standard InChI is InChI=1S/C9H13N3O4/c1-9(2)6(14)11-8(16)12(7(9)15)4-3-5(10)13/h3-4H2,1-2H3,(H2,10,13)(H,11,14,16). The summed E-state index contributed by atoms with van der Waals surface area (Å²) < 4.78 is 0. The van der Waals surface area contributed by atoms with Gasteiger partial charge in [-0.15, -0.1) is 0 Å². The van der Waals surface area contributed by atoms with Gasteiger partial charge in [-0.2, -0.15) is 0 Å². The van der Waals surface area contributed by atoms with Crippen molar-refractivity contribution in [2.75, 3.05) is 6.54 Å². The monoisotopic (exact) mass is 227 g/mol. The number of amides is 5. The first-order valence-corrected chi connectivity index (χ1v) is 4.72. The molecule has 0 aliphatic carbocycles. The topological polar surface area (TPSA) is 110 Å². The lowest BCUT2D eigenvalue weighted by Gasteiger charge is -2.34. The van der Waals surface area contributed by atoms with Crippen LogP contribution in [0.4, 0.5) is 4.79 Å². The predicted molar refractivity (Wildman–Crippen MR) is 52.8 cm³/mol. The van der Waals surface area contributed by atoms with Gasteiger partial charge in [0.15, 0.2) is 0 Å². The highest BCUT2D eigenvalue weighted by atomic mass is 16.2. The van der Waals surface area contributed by atoms with E-state index in [4.69, 9.17) is 5.73 Å². The number of hydrogen-bond acceptors (Lipinski definition) is 4. The average Bonchev–Trinajstić information content (AvgIpc) is 2.15. The van der Waals surface area contributed by atoms with E-state index in [-0.39, 0.29) is 13.0 Å². The lowest BCUT2D eigenvalue weighted by molar-refractivity contribution is -0.149. The minimum atomic E-state index is -1.30. The Kier molecular flexibility index (Phi) is 2.97. The lowest BCUT2D eigenvalue weighted by atomic mass is 9.89. The summed E-state index contributed by atoms with van der Waals surface area (Å²) in [7, 11) is 0. The Labute approximate surface area is 91.9 Å². The molecule has 1 aliphatic rings. The maximum absolute atomic E-state index is 11.8. The summed E-state index contributed by atoms with van der Waals surface area (Å²) >= 11 is 0. The number of rotatable bonds is 3. The van der Waals surface area contributed by atoms with Crippen molar-refractivity contribution in [3.63, 3.8) is 0 Å². The molecule has 0 unspecified atom stereocenters. The van der Waals surface area contributed by atoms with Crippen molar-refractivity contribution in [2.24, 2.45) is 11.1 Å². The highest BCUT2D eigenvalue weighted by Gasteiger charge is 2.46. The van der Waals surface area contributed by atoms with Crippen molar-refractivity contribution in [3.05, 3.63) is 0 Å². The summed E-state index contributed by atoms with van der Waals surface area (Å²) in [5.74, 6) is -1.88. The van der Waals surface area contributed by atoms with E-state index in [2.05, 4.69) is 0 Å². The summed E-state index contributed by atoms with van der Waals surface area (Å²) in [6.07, 6.45) is -0.122. The third-order valence-electron chi connectivity index (χ3n) is 2.39. The number of nitrogens with two attached hydrogens (primary N) is 1. The number of imide groups is 2. The fourth-order valence-corrected chi connectivity index (χ4v) is 1.27. The van der Waals surface area contributed by atoms with E-state index in [1.54, 1.807) is 0 Å². The summed E-state index contributed by atoms with van der Waals surface area (Å²) in [6.45, 7) is 2.71. The number of primary amides is 1. The second-order valence-corrected chi connectivity index (χ2v) is 4.06. The first-order valence-electron chi connectivity index (χ1n) is 4.72. The molecule has 0 aromatic rings. The molecule has 3 N–H and O–H groups in total. The zero-order valence-electron chi connectivity index (χ0n) is 9.07. The maximum Gasteiger partial charge on any atom is 0.330 e. The van der Waals surface area contributed by atoms with Gasteiger partial charge >= 0.3 is 6.03 Å². The molecule has 16 heavy (non-hydrogen) atoms. The van der Waals surface area contributed by atoms with Crippen LogP contribution in [0.15, 0.2) is 0 Å². The molecule has 0 saturated carbocycles. The summed E-state index contributed by atoms with van der Waals surface area (Å²) in [6, 6.07) is -0.810. The molecule has 0 aromatic heterocycles. The van der Waals surface area contributed by atoms with E-state index in [1.807, 2.05) is 5.32 Å². The van der Waals surface area contributed by atoms with Gasteiger partial charge in [0.1, 0.15) is 5.41 Å². The molecule has 0 bridgehead atoms. The van der Waals surface area contributed by atoms with Crippen LogP contribution in [0.25, 0.3) is 0 Å². The third-order valence-corrected chi connectivity index (χ3v) is 2.39. The van der Waals surface area contributed by atoms with Gasteiger partial charge in [-0.1, -0.05) is 0 Å². The Morgan fingerprint density at radius 3 is 2.44 bits per heavy atom. The van der Waals surface area contributed by atoms with Crippen LogP contribution in [-0.4, -0.2) is 35.2 Å². The molecule has 1 fully saturated rings. The van der Waals surface area contributed by atoms with Gasteiger partial charge in [0.05, 0.1) is 0 Å². The number of barbiturate groups is 1. The fraction of sp³-hybridized carbons (Fsp3) is 0.556. The Hall–Kier alpha value is -1.92. The second-order valence-electron chi connectivity index (χ2n) is 4.06. The largest absolute Gasteiger partial charge is 0.370 e. The van der Waals surface area contributed by atoms with E-state index < -0.39 is 29.2 Å². The SMILES string of the molecule is CC1(C)C(=O)NC(=O)N(CCC(N)=O)C1=O. The maximum atomic E-state index is 11.8. The van der Waals surface area contributed by atoms with Gasteiger partial charge in [-0.05, 0) is 13.8 Å².